The van der Waals surface area contributed by atoms with Gasteiger partial charge in [0.2, 0.25) is 0 Å². The minimum absolute atomic E-state index is 0.101. The van der Waals surface area contributed by atoms with E-state index in [1.807, 2.05) is 48.5 Å². The number of hydrogen-bond acceptors (Lipinski definition) is 4. The average Bonchev–Trinajstić information content (AvgIpc) is 2.87. The highest BCUT2D eigenvalue weighted by Gasteiger charge is 2.25. The summed E-state index contributed by atoms with van der Waals surface area (Å²) >= 11 is 2.20. The second-order valence-corrected chi connectivity index (χ2v) is 9.97. The van der Waals surface area contributed by atoms with Crippen molar-refractivity contribution in [1.82, 2.24) is 10.2 Å². The van der Waals surface area contributed by atoms with Crippen LogP contribution in [0.4, 0.5) is 4.79 Å². The summed E-state index contributed by atoms with van der Waals surface area (Å²) in [6, 6.07) is 15.5. The molecule has 1 heterocycles. The molecule has 6 nitrogen and oxygen atoms in total. The second kappa shape index (κ2) is 12.4. The zero-order chi connectivity index (χ0) is 23.8. The van der Waals surface area contributed by atoms with Crippen molar-refractivity contribution in [2.24, 2.45) is 5.92 Å². The minimum Gasteiger partial charge on any atom is -0.493 e. The fourth-order valence-corrected chi connectivity index (χ4v) is 5.17. The van der Waals surface area contributed by atoms with Crippen LogP contribution in [-0.2, 0) is 13.0 Å². The number of benzene rings is 2. The first kappa shape index (κ1) is 24.9. The van der Waals surface area contributed by atoms with Gasteiger partial charge in [-0.25, -0.2) is 4.79 Å². The van der Waals surface area contributed by atoms with Crippen LogP contribution in [0.2, 0.25) is 0 Å². The number of hydrogen-bond donors (Lipinski definition) is 2. The first-order chi connectivity index (χ1) is 16.6. The third kappa shape index (κ3) is 6.66. The molecule has 34 heavy (non-hydrogen) atoms. The van der Waals surface area contributed by atoms with Gasteiger partial charge in [0, 0.05) is 37.2 Å². The molecule has 2 aromatic rings. The first-order valence-electron chi connectivity index (χ1n) is 12.1. The Bertz CT molecular complexity index is 989. The highest BCUT2D eigenvalue weighted by molar-refractivity contribution is 14.1. The van der Waals surface area contributed by atoms with Gasteiger partial charge in [0.05, 0.1) is 13.2 Å². The van der Waals surface area contributed by atoms with E-state index in [4.69, 9.17) is 9.47 Å². The van der Waals surface area contributed by atoms with E-state index in [-0.39, 0.29) is 19.2 Å². The zero-order valence-corrected chi connectivity index (χ0v) is 21.6. The average molecular weight is 576 g/mol. The van der Waals surface area contributed by atoms with Crippen LogP contribution in [0.5, 0.6) is 11.5 Å². The van der Waals surface area contributed by atoms with Crippen LogP contribution < -0.4 is 14.8 Å². The molecule has 1 aliphatic heterocycles. The van der Waals surface area contributed by atoms with Crippen molar-refractivity contribution < 1.29 is 19.4 Å². The molecule has 2 aromatic carbocycles. The SMILES string of the molecule is O=C(NCc1ccccc1)N(CCO)CC1=C(I)Oc2cccc(OCC3CCCCC3)c2C1. The summed E-state index contributed by atoms with van der Waals surface area (Å²) in [5, 5.41) is 12.5. The van der Waals surface area contributed by atoms with Crippen LogP contribution in [-0.4, -0.2) is 42.3 Å². The number of nitrogens with zero attached hydrogens (tertiary/aromatic N) is 1. The molecule has 1 aliphatic carbocycles. The molecule has 0 aromatic heterocycles. The van der Waals surface area contributed by atoms with Crippen LogP contribution in [0, 0.1) is 5.92 Å². The summed E-state index contributed by atoms with van der Waals surface area (Å²) in [5.74, 6) is 2.31. The van der Waals surface area contributed by atoms with Crippen molar-refractivity contribution in [3.63, 3.8) is 0 Å². The fraction of sp³-hybridized carbons (Fsp3) is 0.444. The molecule has 0 bridgehead atoms. The van der Waals surface area contributed by atoms with E-state index in [1.165, 1.54) is 32.1 Å². The topological polar surface area (TPSA) is 71.0 Å². The van der Waals surface area contributed by atoms with E-state index in [9.17, 15) is 9.90 Å². The van der Waals surface area contributed by atoms with Gasteiger partial charge in [-0.1, -0.05) is 55.7 Å². The number of urea groups is 1. The number of ether oxygens (including phenoxy) is 2. The summed E-state index contributed by atoms with van der Waals surface area (Å²) in [7, 11) is 0. The molecule has 0 saturated heterocycles. The highest BCUT2D eigenvalue weighted by atomic mass is 127. The molecular formula is C27H33IN2O4. The van der Waals surface area contributed by atoms with Gasteiger partial charge in [0.15, 0.2) is 3.77 Å². The minimum atomic E-state index is -0.206. The Morgan fingerprint density at radius 1 is 1.12 bits per heavy atom. The lowest BCUT2D eigenvalue weighted by Crippen LogP contribution is -2.42. The Balaban J connectivity index is 1.41. The standard InChI is InChI=1S/C27H33IN2O4/c28-26-22(18-30(14-15-31)27(32)29-17-20-8-3-1-4-9-20)16-23-24(12-7-13-25(23)34-26)33-19-21-10-5-2-6-11-21/h1,3-4,7-9,12-13,21,31H,2,5-6,10-11,14-19H2,(H,29,32). The van der Waals surface area contributed by atoms with E-state index in [0.29, 0.717) is 25.4 Å². The number of fused-ring (bicyclic) bond motifs is 1. The predicted octanol–water partition coefficient (Wildman–Crippen LogP) is 5.43. The summed E-state index contributed by atoms with van der Waals surface area (Å²) in [5.41, 5.74) is 3.07. The van der Waals surface area contributed by atoms with Crippen LogP contribution in [0.15, 0.2) is 57.9 Å². The molecule has 4 rings (SSSR count). The zero-order valence-electron chi connectivity index (χ0n) is 19.5. The van der Waals surface area contributed by atoms with Gasteiger partial charge in [-0.15, -0.1) is 0 Å². The highest BCUT2D eigenvalue weighted by Crippen LogP contribution is 2.39. The van der Waals surface area contributed by atoms with E-state index >= 15 is 0 Å². The molecule has 2 amide bonds. The maximum Gasteiger partial charge on any atom is 0.318 e. The van der Waals surface area contributed by atoms with Crippen molar-refractivity contribution in [1.29, 1.82) is 0 Å². The summed E-state index contributed by atoms with van der Waals surface area (Å²) in [6.45, 7) is 1.72. The van der Waals surface area contributed by atoms with E-state index < -0.39 is 0 Å². The fourth-order valence-electron chi connectivity index (χ4n) is 4.57. The monoisotopic (exact) mass is 576 g/mol. The van der Waals surface area contributed by atoms with Crippen molar-refractivity contribution in [3.05, 3.63) is 69.0 Å². The Morgan fingerprint density at radius 2 is 1.91 bits per heavy atom. The van der Waals surface area contributed by atoms with Gasteiger partial charge in [0.25, 0.3) is 0 Å². The van der Waals surface area contributed by atoms with Gasteiger partial charge in [0.1, 0.15) is 11.5 Å². The number of nitrogens with one attached hydrogen (secondary N) is 1. The molecule has 2 aliphatic rings. The number of carbonyl (C=O) groups is 1. The Labute approximate surface area is 215 Å². The number of amides is 2. The van der Waals surface area contributed by atoms with E-state index in [1.54, 1.807) is 4.90 Å². The molecule has 182 valence electrons. The molecule has 1 fully saturated rings. The van der Waals surface area contributed by atoms with Gasteiger partial charge < -0.3 is 24.8 Å². The predicted molar refractivity (Wildman–Crippen MR) is 141 cm³/mol. The van der Waals surface area contributed by atoms with Crippen LogP contribution in [0.1, 0.15) is 43.2 Å². The molecular weight excluding hydrogens is 543 g/mol. The lowest BCUT2D eigenvalue weighted by atomic mass is 9.90. The first-order valence-corrected chi connectivity index (χ1v) is 13.2. The van der Waals surface area contributed by atoms with Crippen LogP contribution in [0.3, 0.4) is 0 Å². The van der Waals surface area contributed by atoms with Crippen molar-refractivity contribution in [2.45, 2.75) is 45.1 Å². The molecule has 7 heteroatoms. The molecule has 0 radical (unpaired) electrons. The molecule has 0 atom stereocenters. The Kier molecular flexibility index (Phi) is 9.10. The smallest absolute Gasteiger partial charge is 0.318 e. The van der Waals surface area contributed by atoms with Crippen LogP contribution >= 0.6 is 22.6 Å². The summed E-state index contributed by atoms with van der Waals surface area (Å²) in [4.78, 5) is 14.5. The van der Waals surface area contributed by atoms with Gasteiger partial charge in [-0.05, 0) is 59.0 Å². The van der Waals surface area contributed by atoms with E-state index in [0.717, 1.165) is 38.6 Å². The summed E-state index contributed by atoms with van der Waals surface area (Å²) in [6.07, 6.45) is 7.05. The van der Waals surface area contributed by atoms with E-state index in [2.05, 4.69) is 27.9 Å². The third-order valence-electron chi connectivity index (χ3n) is 6.48. The largest absolute Gasteiger partial charge is 0.493 e. The number of halogens is 1. The second-order valence-electron chi connectivity index (χ2n) is 8.99. The molecule has 1 saturated carbocycles. The molecule has 0 spiro atoms. The normalized spacial score (nSPS) is 15.9. The quantitative estimate of drug-likeness (QED) is 0.391. The lowest BCUT2D eigenvalue weighted by Gasteiger charge is -2.28. The number of rotatable bonds is 9. The van der Waals surface area contributed by atoms with Crippen molar-refractivity contribution in [3.8, 4) is 11.5 Å². The Hall–Kier alpha value is -2.26. The van der Waals surface area contributed by atoms with Crippen molar-refractivity contribution in [2.75, 3.05) is 26.3 Å². The van der Waals surface area contributed by atoms with Crippen molar-refractivity contribution >= 4 is 28.6 Å². The third-order valence-corrected chi connectivity index (χ3v) is 7.47. The van der Waals surface area contributed by atoms with Gasteiger partial charge in [-0.2, -0.15) is 0 Å². The molecule has 2 N–H and O–H groups in total. The molecule has 0 unspecified atom stereocenters. The maximum absolute atomic E-state index is 12.9. The van der Waals surface area contributed by atoms with Crippen LogP contribution in [0.25, 0.3) is 0 Å². The summed E-state index contributed by atoms with van der Waals surface area (Å²) < 4.78 is 13.2. The lowest BCUT2D eigenvalue weighted by molar-refractivity contribution is 0.181. The number of aliphatic hydroxyl groups is 1. The number of carbonyl (C=O) groups excluding carboxylic acids is 1. The Morgan fingerprint density at radius 3 is 2.68 bits per heavy atom. The van der Waals surface area contributed by atoms with Gasteiger partial charge in [-0.3, -0.25) is 0 Å². The number of aliphatic hydroxyl groups excluding tert-OH is 1. The maximum atomic E-state index is 12.9. The van der Waals surface area contributed by atoms with Gasteiger partial charge >= 0.3 is 6.03 Å².